The highest BCUT2D eigenvalue weighted by Gasteiger charge is 2.02. The van der Waals surface area contributed by atoms with Gasteiger partial charge < -0.3 is 0 Å². The summed E-state index contributed by atoms with van der Waals surface area (Å²) >= 11 is 0. The van der Waals surface area contributed by atoms with Gasteiger partial charge in [0.1, 0.15) is 0 Å². The van der Waals surface area contributed by atoms with Gasteiger partial charge in [-0.15, -0.1) is 0 Å². The normalized spacial score (nSPS) is 19.6. The summed E-state index contributed by atoms with van der Waals surface area (Å²) in [4.78, 5) is 0. The molecule has 0 aromatic heterocycles. The Bertz CT molecular complexity index is 159. The smallest absolute Gasteiger partial charge is 0.0105 e. The molecular formula is C8H12. The quantitative estimate of drug-likeness (QED) is 0.447. The summed E-state index contributed by atoms with van der Waals surface area (Å²) in [5, 5.41) is 0. The van der Waals surface area contributed by atoms with E-state index in [-0.39, 0.29) is 0 Å². The molecule has 0 heteroatoms. The van der Waals surface area contributed by atoms with Crippen molar-refractivity contribution in [3.8, 4) is 0 Å². The van der Waals surface area contributed by atoms with Gasteiger partial charge in [0, 0.05) is 0 Å². The summed E-state index contributed by atoms with van der Waals surface area (Å²) in [6.45, 7) is 6.55. The maximum absolute atomic E-state index is 2.26. The van der Waals surface area contributed by atoms with Crippen LogP contribution in [0.15, 0.2) is 22.8 Å². The van der Waals surface area contributed by atoms with E-state index in [0.717, 1.165) is 0 Å². The van der Waals surface area contributed by atoms with Crippen molar-refractivity contribution in [2.24, 2.45) is 0 Å². The van der Waals surface area contributed by atoms with Gasteiger partial charge in [0.2, 0.25) is 0 Å². The van der Waals surface area contributed by atoms with E-state index in [9.17, 15) is 0 Å². The molecule has 0 nitrogen and oxygen atoms in total. The Kier molecular flexibility index (Phi) is 1.24. The molecule has 0 radical (unpaired) electrons. The fraction of sp³-hybridized carbons (Fsp3) is 0.500. The van der Waals surface area contributed by atoms with Gasteiger partial charge in [-0.3, -0.25) is 0 Å². The van der Waals surface area contributed by atoms with E-state index in [1.807, 2.05) is 0 Å². The van der Waals surface area contributed by atoms with Gasteiger partial charge in [0.15, 0.2) is 0 Å². The predicted octanol–water partition coefficient (Wildman–Crippen LogP) is 2.67. The van der Waals surface area contributed by atoms with E-state index in [1.54, 1.807) is 0 Å². The molecule has 0 aliphatic heterocycles. The summed E-state index contributed by atoms with van der Waals surface area (Å²) in [6.07, 6.45) is 3.46. The van der Waals surface area contributed by atoms with Crippen molar-refractivity contribution >= 4 is 0 Å². The van der Waals surface area contributed by atoms with Gasteiger partial charge >= 0.3 is 0 Å². The first-order chi connectivity index (χ1) is 3.70. The molecule has 0 saturated carbocycles. The summed E-state index contributed by atoms with van der Waals surface area (Å²) in [5.74, 6) is 0. The van der Waals surface area contributed by atoms with E-state index in [0.29, 0.717) is 0 Å². The third-order valence-electron chi connectivity index (χ3n) is 1.68. The fourth-order valence-electron chi connectivity index (χ4n) is 1.10. The first kappa shape index (κ1) is 5.61. The fourth-order valence-corrected chi connectivity index (χ4v) is 1.10. The maximum Gasteiger partial charge on any atom is -0.0105 e. The van der Waals surface area contributed by atoms with Crippen molar-refractivity contribution in [2.75, 3.05) is 0 Å². The van der Waals surface area contributed by atoms with Crippen LogP contribution in [0.4, 0.5) is 0 Å². The van der Waals surface area contributed by atoms with E-state index in [1.165, 1.54) is 23.1 Å². The Morgan fingerprint density at radius 1 is 1.25 bits per heavy atom. The Labute approximate surface area is 50.9 Å². The second kappa shape index (κ2) is 1.77. The van der Waals surface area contributed by atoms with Crippen molar-refractivity contribution in [1.82, 2.24) is 0 Å². The van der Waals surface area contributed by atoms with E-state index in [2.05, 4.69) is 26.8 Å². The van der Waals surface area contributed by atoms with Crippen molar-refractivity contribution in [3.05, 3.63) is 22.8 Å². The van der Waals surface area contributed by atoms with E-state index < -0.39 is 0 Å². The van der Waals surface area contributed by atoms with Crippen LogP contribution in [0.5, 0.6) is 0 Å². The molecule has 0 bridgehead atoms. The van der Waals surface area contributed by atoms with Crippen molar-refractivity contribution in [2.45, 2.75) is 27.2 Å². The first-order valence-corrected chi connectivity index (χ1v) is 3.03. The molecule has 44 valence electrons. The van der Waals surface area contributed by atoms with Gasteiger partial charge in [-0.05, 0) is 27.2 Å². The zero-order valence-corrected chi connectivity index (χ0v) is 5.78. The van der Waals surface area contributed by atoms with Crippen LogP contribution in [0.1, 0.15) is 27.2 Å². The first-order valence-electron chi connectivity index (χ1n) is 3.03. The lowest BCUT2D eigenvalue weighted by Gasteiger charge is -1.90. The van der Waals surface area contributed by atoms with Crippen LogP contribution >= 0.6 is 0 Å². The highest BCUT2D eigenvalue weighted by Crippen LogP contribution is 2.23. The second-order valence-corrected chi connectivity index (χ2v) is 2.63. The second-order valence-electron chi connectivity index (χ2n) is 2.63. The van der Waals surface area contributed by atoms with Crippen LogP contribution in [-0.4, -0.2) is 0 Å². The molecule has 1 aliphatic carbocycles. The van der Waals surface area contributed by atoms with Crippen molar-refractivity contribution in [1.29, 1.82) is 0 Å². The highest BCUT2D eigenvalue weighted by molar-refractivity contribution is 5.35. The zero-order chi connectivity index (χ0) is 6.15. The number of hydrogen-bond donors (Lipinski definition) is 0. The minimum absolute atomic E-state index is 1.20. The van der Waals surface area contributed by atoms with Crippen LogP contribution < -0.4 is 0 Å². The predicted molar refractivity (Wildman–Crippen MR) is 36.7 cm³/mol. The van der Waals surface area contributed by atoms with Crippen molar-refractivity contribution < 1.29 is 0 Å². The lowest BCUT2D eigenvalue weighted by atomic mass is 10.2. The van der Waals surface area contributed by atoms with Gasteiger partial charge in [-0.1, -0.05) is 22.8 Å². The molecule has 0 spiro atoms. The summed E-state index contributed by atoms with van der Waals surface area (Å²) < 4.78 is 0. The average Bonchev–Trinajstić information content (AvgIpc) is 1.85. The lowest BCUT2D eigenvalue weighted by molar-refractivity contribution is 1.14. The van der Waals surface area contributed by atoms with Crippen molar-refractivity contribution in [3.63, 3.8) is 0 Å². The molecule has 0 fully saturated rings. The molecule has 0 heterocycles. The summed E-state index contributed by atoms with van der Waals surface area (Å²) in [7, 11) is 0. The summed E-state index contributed by atoms with van der Waals surface area (Å²) in [5.41, 5.74) is 4.49. The third kappa shape index (κ3) is 0.835. The molecule has 1 rings (SSSR count). The molecule has 0 unspecified atom stereocenters. The largest absolute Gasteiger partial charge is 0.0690 e. The van der Waals surface area contributed by atoms with Gasteiger partial charge in [-0.2, -0.15) is 0 Å². The van der Waals surface area contributed by atoms with E-state index >= 15 is 0 Å². The van der Waals surface area contributed by atoms with E-state index in [4.69, 9.17) is 0 Å². The van der Waals surface area contributed by atoms with Gasteiger partial charge in [0.05, 0.1) is 0 Å². The number of allylic oxidation sites excluding steroid dienone is 4. The monoisotopic (exact) mass is 108 g/mol. The summed E-state index contributed by atoms with van der Waals surface area (Å²) in [6, 6.07) is 0. The number of rotatable bonds is 0. The third-order valence-corrected chi connectivity index (χ3v) is 1.68. The molecular weight excluding hydrogens is 96.1 g/mol. The minimum Gasteiger partial charge on any atom is -0.0690 e. The molecule has 8 heavy (non-hydrogen) atoms. The van der Waals surface area contributed by atoms with Gasteiger partial charge in [0.25, 0.3) is 0 Å². The van der Waals surface area contributed by atoms with Gasteiger partial charge in [-0.25, -0.2) is 0 Å². The van der Waals surface area contributed by atoms with Crippen LogP contribution in [-0.2, 0) is 0 Å². The molecule has 0 amide bonds. The molecule has 0 atom stereocenters. The molecule has 1 aliphatic rings. The highest BCUT2D eigenvalue weighted by atomic mass is 14.1. The molecule has 0 N–H and O–H groups in total. The zero-order valence-electron chi connectivity index (χ0n) is 5.78. The minimum atomic E-state index is 1.20. The standard InChI is InChI=1S/C8H12/c1-6-4-7(2)8(3)5-6/h4H,5H2,1-3H3. The van der Waals surface area contributed by atoms with Crippen LogP contribution in [0.2, 0.25) is 0 Å². The topological polar surface area (TPSA) is 0 Å². The molecule has 0 aromatic rings. The van der Waals surface area contributed by atoms with Crippen LogP contribution in [0.3, 0.4) is 0 Å². The Balaban J connectivity index is 2.79. The van der Waals surface area contributed by atoms with Crippen LogP contribution in [0.25, 0.3) is 0 Å². The Hall–Kier alpha value is -0.520. The Morgan fingerprint density at radius 2 is 1.88 bits per heavy atom. The maximum atomic E-state index is 2.26. The Morgan fingerprint density at radius 3 is 2.00 bits per heavy atom. The average molecular weight is 108 g/mol. The molecule has 0 aromatic carbocycles. The van der Waals surface area contributed by atoms with Crippen LogP contribution in [0, 0.1) is 0 Å². The molecule has 0 saturated heterocycles. The number of hydrogen-bond acceptors (Lipinski definition) is 0. The SMILES string of the molecule is CC1=CC(C)=C(C)C1. The lowest BCUT2D eigenvalue weighted by Crippen LogP contribution is -1.70.